The van der Waals surface area contributed by atoms with E-state index >= 15 is 0 Å². The summed E-state index contributed by atoms with van der Waals surface area (Å²) < 4.78 is 48.6. The van der Waals surface area contributed by atoms with Crippen molar-refractivity contribution in [1.29, 1.82) is 0 Å². The molecule has 2 atom stereocenters. The summed E-state index contributed by atoms with van der Waals surface area (Å²) in [5.74, 6) is -0.653. The van der Waals surface area contributed by atoms with E-state index in [-0.39, 0.29) is 41.1 Å². The molecule has 4 heterocycles. The van der Waals surface area contributed by atoms with Crippen LogP contribution in [0.25, 0.3) is 11.1 Å². The molecule has 0 bridgehead atoms. The van der Waals surface area contributed by atoms with Crippen molar-refractivity contribution in [3.8, 4) is 0 Å². The van der Waals surface area contributed by atoms with E-state index in [2.05, 4.69) is 15.1 Å². The average molecular weight is 435 g/mol. The van der Waals surface area contributed by atoms with Crippen LogP contribution in [0.3, 0.4) is 0 Å². The van der Waals surface area contributed by atoms with E-state index < -0.39 is 17.8 Å². The third kappa shape index (κ3) is 4.03. The second kappa shape index (κ2) is 7.97. The normalized spacial score (nSPS) is 18.7. The highest BCUT2D eigenvalue weighted by atomic mass is 19.4. The van der Waals surface area contributed by atoms with Crippen molar-refractivity contribution >= 4 is 17.0 Å². The molecule has 1 saturated heterocycles. The van der Waals surface area contributed by atoms with Crippen LogP contribution in [0.4, 0.5) is 13.2 Å². The SMILES string of the molecule is CC(C)c1cc(C(F)(F)F)c2c([C@@H]3CCCN(C(=O)[C@@H](C)n4ccnc4)C3)noc2n1. The van der Waals surface area contributed by atoms with Gasteiger partial charge in [0.2, 0.25) is 5.91 Å². The molecular formula is C21H24F3N5O2. The van der Waals surface area contributed by atoms with E-state index in [0.29, 0.717) is 25.1 Å². The number of hydrogen-bond donors (Lipinski definition) is 0. The highest BCUT2D eigenvalue weighted by Gasteiger charge is 2.39. The topological polar surface area (TPSA) is 77.0 Å². The number of alkyl halides is 3. The Morgan fingerprint density at radius 1 is 1.29 bits per heavy atom. The molecule has 1 aliphatic rings. The number of imidazole rings is 1. The third-order valence-corrected chi connectivity index (χ3v) is 5.84. The molecule has 4 rings (SSSR count). The number of carbonyl (C=O) groups is 1. The van der Waals surface area contributed by atoms with Gasteiger partial charge in [-0.1, -0.05) is 19.0 Å². The first-order chi connectivity index (χ1) is 14.7. The van der Waals surface area contributed by atoms with Crippen molar-refractivity contribution in [2.24, 2.45) is 0 Å². The van der Waals surface area contributed by atoms with Gasteiger partial charge in [0.25, 0.3) is 5.71 Å². The Labute approximate surface area is 177 Å². The van der Waals surface area contributed by atoms with Crippen LogP contribution in [0.2, 0.25) is 0 Å². The van der Waals surface area contributed by atoms with Gasteiger partial charge in [-0.15, -0.1) is 0 Å². The lowest BCUT2D eigenvalue weighted by Gasteiger charge is -2.34. The van der Waals surface area contributed by atoms with Gasteiger partial charge in [-0.25, -0.2) is 9.97 Å². The van der Waals surface area contributed by atoms with E-state index in [9.17, 15) is 18.0 Å². The molecule has 3 aromatic heterocycles. The second-order valence-corrected chi connectivity index (χ2v) is 8.30. The van der Waals surface area contributed by atoms with Gasteiger partial charge in [0.15, 0.2) is 0 Å². The van der Waals surface area contributed by atoms with Gasteiger partial charge < -0.3 is 14.0 Å². The Morgan fingerprint density at radius 3 is 2.71 bits per heavy atom. The molecule has 1 fully saturated rings. The van der Waals surface area contributed by atoms with Crippen LogP contribution in [0.5, 0.6) is 0 Å². The molecule has 0 spiro atoms. The Morgan fingerprint density at radius 2 is 2.06 bits per heavy atom. The second-order valence-electron chi connectivity index (χ2n) is 8.30. The van der Waals surface area contributed by atoms with Crippen molar-refractivity contribution in [2.75, 3.05) is 13.1 Å². The van der Waals surface area contributed by atoms with Crippen LogP contribution in [0, 0.1) is 0 Å². The maximum atomic E-state index is 13.9. The number of carbonyl (C=O) groups excluding carboxylic acids is 1. The van der Waals surface area contributed by atoms with Crippen LogP contribution >= 0.6 is 0 Å². The molecule has 0 aliphatic carbocycles. The number of aromatic nitrogens is 4. The van der Waals surface area contributed by atoms with Crippen LogP contribution < -0.4 is 0 Å². The minimum atomic E-state index is -4.56. The standard InChI is InChI=1S/C21H24F3N5O2/c1-12(2)16-9-15(21(22,23)24)17-18(27-31-19(17)26-16)14-5-4-7-28(10-14)20(30)13(3)29-8-6-25-11-29/h6,8-9,11-14H,4-5,7,10H2,1-3H3/t13-,14-/m1/s1. The van der Waals surface area contributed by atoms with Gasteiger partial charge in [0, 0.05) is 37.1 Å². The van der Waals surface area contributed by atoms with E-state index in [1.165, 1.54) is 0 Å². The fraction of sp³-hybridized carbons (Fsp3) is 0.524. The smallest absolute Gasteiger partial charge is 0.340 e. The Bertz CT molecular complexity index is 1070. The lowest BCUT2D eigenvalue weighted by Crippen LogP contribution is -2.42. The maximum absolute atomic E-state index is 13.9. The number of nitrogens with zero attached hydrogens (tertiary/aromatic N) is 5. The number of halogens is 3. The van der Waals surface area contributed by atoms with Crippen molar-refractivity contribution < 1.29 is 22.5 Å². The minimum Gasteiger partial charge on any atom is -0.340 e. The van der Waals surface area contributed by atoms with Crippen molar-refractivity contribution in [3.05, 3.63) is 41.7 Å². The molecule has 0 saturated carbocycles. The van der Waals surface area contributed by atoms with Crippen LogP contribution in [0.15, 0.2) is 29.3 Å². The average Bonchev–Trinajstić information content (AvgIpc) is 3.41. The van der Waals surface area contributed by atoms with Crippen molar-refractivity contribution in [3.63, 3.8) is 0 Å². The molecule has 1 amide bonds. The quantitative estimate of drug-likeness (QED) is 0.602. The first kappa shape index (κ1) is 21.3. The molecule has 0 N–H and O–H groups in total. The molecule has 0 radical (unpaired) electrons. The first-order valence-electron chi connectivity index (χ1n) is 10.3. The van der Waals surface area contributed by atoms with Gasteiger partial charge in [-0.05, 0) is 31.7 Å². The summed E-state index contributed by atoms with van der Waals surface area (Å²) in [7, 11) is 0. The first-order valence-corrected chi connectivity index (χ1v) is 10.3. The Kier molecular flexibility index (Phi) is 5.49. The summed E-state index contributed by atoms with van der Waals surface area (Å²) in [6, 6.07) is 0.636. The zero-order chi connectivity index (χ0) is 22.3. The molecular weight excluding hydrogens is 411 g/mol. The van der Waals surface area contributed by atoms with Crippen molar-refractivity contribution in [2.45, 2.75) is 57.7 Å². The molecule has 166 valence electrons. The predicted octanol–water partition coefficient (Wildman–Crippen LogP) is 4.53. The van der Waals surface area contributed by atoms with Crippen LogP contribution in [0.1, 0.15) is 68.4 Å². The lowest BCUT2D eigenvalue weighted by molar-refractivity contribution is -0.137. The Balaban J connectivity index is 1.68. The lowest BCUT2D eigenvalue weighted by atomic mass is 9.91. The largest absolute Gasteiger partial charge is 0.417 e. The maximum Gasteiger partial charge on any atom is 0.417 e. The van der Waals surface area contributed by atoms with Gasteiger partial charge in [-0.3, -0.25) is 4.79 Å². The summed E-state index contributed by atoms with van der Waals surface area (Å²) in [5, 5.41) is 3.89. The van der Waals surface area contributed by atoms with Crippen molar-refractivity contribution in [1.82, 2.24) is 24.6 Å². The summed E-state index contributed by atoms with van der Waals surface area (Å²) in [4.78, 5) is 22.9. The predicted molar refractivity (Wildman–Crippen MR) is 106 cm³/mol. The third-order valence-electron chi connectivity index (χ3n) is 5.84. The molecule has 1 aliphatic heterocycles. The summed E-state index contributed by atoms with van der Waals surface area (Å²) in [5.41, 5.74) is -0.369. The number of fused-ring (bicyclic) bond motifs is 1. The van der Waals surface area contributed by atoms with Gasteiger partial charge in [0.05, 0.1) is 23.0 Å². The summed E-state index contributed by atoms with van der Waals surface area (Å²) in [6.45, 7) is 6.16. The molecule has 0 aromatic carbocycles. The number of pyridine rings is 1. The number of amides is 1. The molecule has 7 nitrogen and oxygen atoms in total. The molecule has 0 unspecified atom stereocenters. The zero-order valence-electron chi connectivity index (χ0n) is 17.6. The fourth-order valence-electron chi connectivity index (χ4n) is 4.08. The van der Waals surface area contributed by atoms with Gasteiger partial charge in [-0.2, -0.15) is 13.2 Å². The molecule has 3 aromatic rings. The van der Waals surface area contributed by atoms with Crippen LogP contribution in [-0.4, -0.2) is 43.6 Å². The van der Waals surface area contributed by atoms with Crippen LogP contribution in [-0.2, 0) is 11.0 Å². The summed E-state index contributed by atoms with van der Waals surface area (Å²) >= 11 is 0. The molecule has 31 heavy (non-hydrogen) atoms. The number of rotatable bonds is 4. The highest BCUT2D eigenvalue weighted by molar-refractivity contribution is 5.83. The van der Waals surface area contributed by atoms with E-state index in [1.807, 2.05) is 0 Å². The van der Waals surface area contributed by atoms with Gasteiger partial charge >= 0.3 is 6.18 Å². The minimum absolute atomic E-state index is 0.0983. The molecule has 10 heteroatoms. The fourth-order valence-corrected chi connectivity index (χ4v) is 4.08. The Hall–Kier alpha value is -2.91. The van der Waals surface area contributed by atoms with E-state index in [1.54, 1.807) is 49.0 Å². The number of piperidine rings is 1. The number of hydrogen-bond acceptors (Lipinski definition) is 5. The monoisotopic (exact) mass is 435 g/mol. The van der Waals surface area contributed by atoms with E-state index in [4.69, 9.17) is 4.52 Å². The summed E-state index contributed by atoms with van der Waals surface area (Å²) in [6.07, 6.45) is 1.60. The highest BCUT2D eigenvalue weighted by Crippen LogP contribution is 2.41. The van der Waals surface area contributed by atoms with E-state index in [0.717, 1.165) is 6.07 Å². The van der Waals surface area contributed by atoms with Gasteiger partial charge in [0.1, 0.15) is 6.04 Å². The number of likely N-dealkylation sites (tertiary alicyclic amines) is 1. The zero-order valence-corrected chi connectivity index (χ0v) is 17.6.